The molecule has 1 heterocycles. The monoisotopic (exact) mass is 453 g/mol. The molecule has 0 saturated carbocycles. The summed E-state index contributed by atoms with van der Waals surface area (Å²) in [6.07, 6.45) is 2.02. The molecular weight excluding hydrogens is 418 g/mol. The van der Waals surface area contributed by atoms with E-state index in [-0.39, 0.29) is 5.91 Å². The van der Waals surface area contributed by atoms with Gasteiger partial charge in [-0.3, -0.25) is 9.69 Å². The average Bonchev–Trinajstić information content (AvgIpc) is 2.88. The lowest BCUT2D eigenvalue weighted by Gasteiger charge is -2.30. The van der Waals surface area contributed by atoms with Crippen molar-refractivity contribution in [2.75, 3.05) is 31.9 Å². The van der Waals surface area contributed by atoms with Crippen molar-refractivity contribution >= 4 is 17.2 Å². The number of anilines is 1. The molecule has 34 heavy (non-hydrogen) atoms. The predicted molar refractivity (Wildman–Crippen MR) is 142 cm³/mol. The van der Waals surface area contributed by atoms with Gasteiger partial charge in [0.15, 0.2) is 0 Å². The molecule has 1 aliphatic heterocycles. The van der Waals surface area contributed by atoms with Crippen LogP contribution in [0, 0.1) is 0 Å². The summed E-state index contributed by atoms with van der Waals surface area (Å²) in [6, 6.07) is 26.9. The lowest BCUT2D eigenvalue weighted by atomic mass is 9.87. The van der Waals surface area contributed by atoms with E-state index >= 15 is 0 Å². The SMILES string of the molecule is CCN(CC)C(=O)c1ccc(C(=C2CCN(Cc3ccccc3)CC2)c2ccccc2N)cc1. The van der Waals surface area contributed by atoms with E-state index in [2.05, 4.69) is 59.5 Å². The minimum absolute atomic E-state index is 0.0826. The first kappa shape index (κ1) is 23.8. The van der Waals surface area contributed by atoms with Crippen molar-refractivity contribution in [3.63, 3.8) is 0 Å². The Morgan fingerprint density at radius 3 is 2.03 bits per heavy atom. The third kappa shape index (κ3) is 5.40. The summed E-state index contributed by atoms with van der Waals surface area (Å²) in [4.78, 5) is 17.2. The van der Waals surface area contributed by atoms with Gasteiger partial charge >= 0.3 is 0 Å². The molecule has 3 aromatic rings. The lowest BCUT2D eigenvalue weighted by molar-refractivity contribution is 0.0773. The topological polar surface area (TPSA) is 49.6 Å². The van der Waals surface area contributed by atoms with Crippen LogP contribution in [0.2, 0.25) is 0 Å². The number of hydrogen-bond donors (Lipinski definition) is 1. The van der Waals surface area contributed by atoms with Crippen LogP contribution in [0.1, 0.15) is 53.7 Å². The lowest BCUT2D eigenvalue weighted by Crippen LogP contribution is -2.30. The molecule has 0 unspecified atom stereocenters. The van der Waals surface area contributed by atoms with E-state index in [1.807, 2.05) is 43.0 Å². The first-order valence-corrected chi connectivity index (χ1v) is 12.3. The zero-order chi connectivity index (χ0) is 23.9. The van der Waals surface area contributed by atoms with Gasteiger partial charge in [-0.15, -0.1) is 0 Å². The molecule has 0 radical (unpaired) electrons. The van der Waals surface area contributed by atoms with Crippen LogP contribution in [0.4, 0.5) is 5.69 Å². The van der Waals surface area contributed by atoms with Crippen LogP contribution in [0.25, 0.3) is 5.57 Å². The maximum atomic E-state index is 12.8. The number of likely N-dealkylation sites (tertiary alicyclic amines) is 1. The summed E-state index contributed by atoms with van der Waals surface area (Å²) < 4.78 is 0. The standard InChI is InChI=1S/C30H35N3O/c1-3-33(4-2)30(34)26-16-14-24(15-17-26)29(27-12-8-9-13-28(27)31)25-18-20-32(21-19-25)22-23-10-6-5-7-11-23/h5-17H,3-4,18-22,31H2,1-2H3. The van der Waals surface area contributed by atoms with E-state index < -0.39 is 0 Å². The number of hydrogen-bond acceptors (Lipinski definition) is 3. The first-order valence-electron chi connectivity index (χ1n) is 12.3. The van der Waals surface area contributed by atoms with E-state index in [0.717, 1.165) is 54.9 Å². The zero-order valence-electron chi connectivity index (χ0n) is 20.3. The van der Waals surface area contributed by atoms with Crippen molar-refractivity contribution in [2.24, 2.45) is 0 Å². The van der Waals surface area contributed by atoms with Gasteiger partial charge in [-0.1, -0.05) is 66.2 Å². The highest BCUT2D eigenvalue weighted by molar-refractivity contribution is 5.95. The number of nitrogens with zero attached hydrogens (tertiary/aromatic N) is 2. The first-order chi connectivity index (χ1) is 16.6. The number of benzene rings is 3. The van der Waals surface area contributed by atoms with Gasteiger partial charge in [0.2, 0.25) is 0 Å². The Morgan fingerprint density at radius 1 is 0.824 bits per heavy atom. The number of piperidine rings is 1. The Balaban J connectivity index is 1.62. The summed E-state index contributed by atoms with van der Waals surface area (Å²) in [5, 5.41) is 0. The van der Waals surface area contributed by atoms with Crippen molar-refractivity contribution < 1.29 is 4.79 Å². The van der Waals surface area contributed by atoms with Crippen LogP contribution in [0.3, 0.4) is 0 Å². The second-order valence-electron chi connectivity index (χ2n) is 8.88. The van der Waals surface area contributed by atoms with Gasteiger partial charge in [-0.05, 0) is 61.6 Å². The normalized spacial score (nSPS) is 14.1. The second kappa shape index (κ2) is 11.2. The molecule has 0 aromatic heterocycles. The van der Waals surface area contributed by atoms with Crippen molar-refractivity contribution in [1.82, 2.24) is 9.80 Å². The van der Waals surface area contributed by atoms with Crippen LogP contribution in [0.15, 0.2) is 84.4 Å². The van der Waals surface area contributed by atoms with Crippen molar-refractivity contribution in [1.29, 1.82) is 0 Å². The van der Waals surface area contributed by atoms with Gasteiger partial charge in [0, 0.05) is 49.5 Å². The molecule has 1 saturated heterocycles. The zero-order valence-corrected chi connectivity index (χ0v) is 20.3. The van der Waals surface area contributed by atoms with Crippen LogP contribution >= 0.6 is 0 Å². The Morgan fingerprint density at radius 2 is 1.41 bits per heavy atom. The highest BCUT2D eigenvalue weighted by Gasteiger charge is 2.21. The molecule has 4 heteroatoms. The number of nitrogens with two attached hydrogens (primary N) is 1. The molecule has 0 spiro atoms. The molecule has 0 atom stereocenters. The Hall–Kier alpha value is -3.37. The summed E-state index contributed by atoms with van der Waals surface area (Å²) in [5.41, 5.74) is 14.2. The number of carbonyl (C=O) groups excluding carboxylic acids is 1. The molecule has 1 amide bonds. The Kier molecular flexibility index (Phi) is 7.81. The molecule has 4 rings (SSSR count). The number of carbonyl (C=O) groups is 1. The van der Waals surface area contributed by atoms with Gasteiger partial charge in [-0.25, -0.2) is 0 Å². The molecule has 2 N–H and O–H groups in total. The maximum Gasteiger partial charge on any atom is 0.253 e. The van der Waals surface area contributed by atoms with Gasteiger partial charge in [0.25, 0.3) is 5.91 Å². The molecule has 1 fully saturated rings. The summed E-state index contributed by atoms with van der Waals surface area (Å²) >= 11 is 0. The fourth-order valence-electron chi connectivity index (χ4n) is 4.82. The van der Waals surface area contributed by atoms with Crippen LogP contribution in [-0.4, -0.2) is 41.9 Å². The summed E-state index contributed by atoms with van der Waals surface area (Å²) in [6.45, 7) is 8.50. The molecular formula is C30H35N3O. The number of nitrogen functional groups attached to an aromatic ring is 1. The smallest absolute Gasteiger partial charge is 0.253 e. The largest absolute Gasteiger partial charge is 0.398 e. The maximum absolute atomic E-state index is 12.8. The molecule has 4 nitrogen and oxygen atoms in total. The van der Waals surface area contributed by atoms with Gasteiger partial charge in [0.1, 0.15) is 0 Å². The van der Waals surface area contributed by atoms with Crippen molar-refractivity contribution in [2.45, 2.75) is 33.2 Å². The molecule has 176 valence electrons. The number of rotatable bonds is 7. The Labute approximate surface area is 203 Å². The quantitative estimate of drug-likeness (QED) is 0.457. The van der Waals surface area contributed by atoms with Gasteiger partial charge < -0.3 is 10.6 Å². The van der Waals surface area contributed by atoms with Crippen molar-refractivity contribution in [3.05, 3.63) is 107 Å². The number of amides is 1. The van der Waals surface area contributed by atoms with Gasteiger partial charge in [0.05, 0.1) is 0 Å². The Bertz CT molecular complexity index is 1120. The van der Waals surface area contributed by atoms with E-state index in [1.54, 1.807) is 0 Å². The van der Waals surface area contributed by atoms with E-state index in [4.69, 9.17) is 5.73 Å². The van der Waals surface area contributed by atoms with Gasteiger partial charge in [-0.2, -0.15) is 0 Å². The highest BCUT2D eigenvalue weighted by Crippen LogP contribution is 2.35. The third-order valence-electron chi connectivity index (χ3n) is 6.76. The molecule has 3 aromatic carbocycles. The fourth-order valence-corrected chi connectivity index (χ4v) is 4.82. The van der Waals surface area contributed by atoms with Crippen LogP contribution < -0.4 is 5.73 Å². The minimum atomic E-state index is 0.0826. The number of para-hydroxylation sites is 1. The second-order valence-corrected chi connectivity index (χ2v) is 8.88. The predicted octanol–water partition coefficient (Wildman–Crippen LogP) is 5.85. The van der Waals surface area contributed by atoms with E-state index in [0.29, 0.717) is 13.1 Å². The van der Waals surface area contributed by atoms with Crippen LogP contribution in [-0.2, 0) is 6.54 Å². The summed E-state index contributed by atoms with van der Waals surface area (Å²) in [5.74, 6) is 0.0826. The molecule has 0 bridgehead atoms. The molecule has 1 aliphatic rings. The van der Waals surface area contributed by atoms with E-state index in [9.17, 15) is 4.79 Å². The molecule has 0 aliphatic carbocycles. The third-order valence-corrected chi connectivity index (χ3v) is 6.76. The average molecular weight is 454 g/mol. The van der Waals surface area contributed by atoms with Crippen LogP contribution in [0.5, 0.6) is 0 Å². The fraction of sp³-hybridized carbons (Fsp3) is 0.300. The van der Waals surface area contributed by atoms with Crippen molar-refractivity contribution in [3.8, 4) is 0 Å². The minimum Gasteiger partial charge on any atom is -0.398 e. The van der Waals surface area contributed by atoms with E-state index in [1.165, 1.54) is 16.7 Å². The summed E-state index contributed by atoms with van der Waals surface area (Å²) in [7, 11) is 0. The highest BCUT2D eigenvalue weighted by atomic mass is 16.2.